The number of rotatable bonds is 3. The average molecular weight is 329 g/mol. The Balaban J connectivity index is 2.33. The minimum absolute atomic E-state index is 0.952. The smallest absolute Gasteiger partial charge is 0.0356 e. The predicted molar refractivity (Wildman–Crippen MR) is 75.2 cm³/mol. The molecule has 0 spiro atoms. The standard InChI is InChI=1S/C12H12INS/c1-14-8-9-6-7-12(15-9)10-4-2-3-5-11(10)13/h2-7,14H,8H2,1H3. The molecule has 78 valence electrons. The summed E-state index contributed by atoms with van der Waals surface area (Å²) in [6.07, 6.45) is 0. The zero-order valence-electron chi connectivity index (χ0n) is 8.46. The molecule has 0 aliphatic carbocycles. The lowest BCUT2D eigenvalue weighted by Gasteiger charge is -2.00. The van der Waals surface area contributed by atoms with Crippen LogP contribution in [0.4, 0.5) is 0 Å². The molecule has 0 unspecified atom stereocenters. The molecule has 0 fully saturated rings. The van der Waals surface area contributed by atoms with Gasteiger partial charge in [0.15, 0.2) is 0 Å². The average Bonchev–Trinajstić information content (AvgIpc) is 2.68. The molecule has 0 amide bonds. The molecule has 1 N–H and O–H groups in total. The highest BCUT2D eigenvalue weighted by molar-refractivity contribution is 14.1. The molecule has 2 aromatic rings. The Morgan fingerprint density at radius 3 is 2.73 bits per heavy atom. The third-order valence-corrected chi connectivity index (χ3v) is 4.21. The lowest BCUT2D eigenvalue weighted by Crippen LogP contribution is -2.02. The second kappa shape index (κ2) is 5.09. The highest BCUT2D eigenvalue weighted by Gasteiger charge is 2.04. The van der Waals surface area contributed by atoms with Gasteiger partial charge in [-0.3, -0.25) is 0 Å². The van der Waals surface area contributed by atoms with Crippen LogP contribution >= 0.6 is 33.9 Å². The maximum absolute atomic E-state index is 3.17. The fourth-order valence-electron chi connectivity index (χ4n) is 1.45. The quantitative estimate of drug-likeness (QED) is 0.846. The molecule has 0 saturated heterocycles. The zero-order valence-corrected chi connectivity index (χ0v) is 11.4. The van der Waals surface area contributed by atoms with Crippen LogP contribution in [0, 0.1) is 3.57 Å². The topological polar surface area (TPSA) is 12.0 Å². The van der Waals surface area contributed by atoms with Gasteiger partial charge in [0.1, 0.15) is 0 Å². The van der Waals surface area contributed by atoms with Crippen LogP contribution in [0.25, 0.3) is 10.4 Å². The molecule has 1 aromatic carbocycles. The van der Waals surface area contributed by atoms with Crippen molar-refractivity contribution in [3.8, 4) is 10.4 Å². The lowest BCUT2D eigenvalue weighted by atomic mass is 10.2. The van der Waals surface area contributed by atoms with Crippen molar-refractivity contribution in [2.45, 2.75) is 6.54 Å². The Labute approximate surface area is 108 Å². The van der Waals surface area contributed by atoms with Crippen LogP contribution in [0.3, 0.4) is 0 Å². The predicted octanol–water partition coefficient (Wildman–Crippen LogP) is 3.74. The second-order valence-electron chi connectivity index (χ2n) is 3.28. The van der Waals surface area contributed by atoms with Crippen LogP contribution in [-0.4, -0.2) is 7.05 Å². The Bertz CT molecular complexity index is 450. The van der Waals surface area contributed by atoms with E-state index >= 15 is 0 Å². The molecule has 1 heterocycles. The Kier molecular flexibility index (Phi) is 3.77. The maximum atomic E-state index is 3.17. The Morgan fingerprint density at radius 1 is 1.20 bits per heavy atom. The van der Waals surface area contributed by atoms with Crippen molar-refractivity contribution in [3.63, 3.8) is 0 Å². The summed E-state index contributed by atoms with van der Waals surface area (Å²) in [6.45, 7) is 0.952. The first-order valence-electron chi connectivity index (χ1n) is 4.79. The molecule has 0 radical (unpaired) electrons. The fraction of sp³-hybridized carbons (Fsp3) is 0.167. The molecule has 2 rings (SSSR count). The summed E-state index contributed by atoms with van der Waals surface area (Å²) < 4.78 is 1.31. The van der Waals surface area contributed by atoms with Crippen LogP contribution < -0.4 is 5.32 Å². The molecular weight excluding hydrogens is 317 g/mol. The van der Waals surface area contributed by atoms with Gasteiger partial charge in [-0.25, -0.2) is 0 Å². The van der Waals surface area contributed by atoms with Gasteiger partial charge in [-0.05, 0) is 47.8 Å². The monoisotopic (exact) mass is 329 g/mol. The summed E-state index contributed by atoms with van der Waals surface area (Å²) in [5.74, 6) is 0. The van der Waals surface area contributed by atoms with Crippen molar-refractivity contribution in [1.29, 1.82) is 0 Å². The van der Waals surface area contributed by atoms with E-state index in [9.17, 15) is 0 Å². The number of halogens is 1. The fourth-order valence-corrected chi connectivity index (χ4v) is 3.37. The summed E-state index contributed by atoms with van der Waals surface area (Å²) >= 11 is 4.24. The van der Waals surface area contributed by atoms with Crippen LogP contribution in [-0.2, 0) is 6.54 Å². The van der Waals surface area contributed by atoms with Gasteiger partial charge in [-0.15, -0.1) is 11.3 Å². The minimum atomic E-state index is 0.952. The van der Waals surface area contributed by atoms with Crippen molar-refractivity contribution >= 4 is 33.9 Å². The number of thiophene rings is 1. The van der Waals surface area contributed by atoms with E-state index in [4.69, 9.17) is 0 Å². The van der Waals surface area contributed by atoms with Gasteiger partial charge in [-0.2, -0.15) is 0 Å². The Morgan fingerprint density at radius 2 is 2.00 bits per heavy atom. The van der Waals surface area contributed by atoms with Crippen molar-refractivity contribution < 1.29 is 0 Å². The van der Waals surface area contributed by atoms with Gasteiger partial charge in [0.05, 0.1) is 0 Å². The number of benzene rings is 1. The molecule has 3 heteroatoms. The van der Waals surface area contributed by atoms with Crippen LogP contribution in [0.1, 0.15) is 4.88 Å². The zero-order chi connectivity index (χ0) is 10.7. The van der Waals surface area contributed by atoms with Crippen molar-refractivity contribution in [2.24, 2.45) is 0 Å². The third kappa shape index (κ3) is 2.59. The first-order chi connectivity index (χ1) is 7.31. The molecule has 15 heavy (non-hydrogen) atoms. The van der Waals surface area contributed by atoms with E-state index in [-0.39, 0.29) is 0 Å². The lowest BCUT2D eigenvalue weighted by molar-refractivity contribution is 0.831. The first-order valence-corrected chi connectivity index (χ1v) is 6.69. The largest absolute Gasteiger partial charge is 0.315 e. The molecule has 0 aliphatic heterocycles. The van der Waals surface area contributed by atoms with Gasteiger partial charge in [0.25, 0.3) is 0 Å². The van der Waals surface area contributed by atoms with E-state index in [1.54, 1.807) is 0 Å². The molecule has 1 aromatic heterocycles. The van der Waals surface area contributed by atoms with Gasteiger partial charge < -0.3 is 5.32 Å². The summed E-state index contributed by atoms with van der Waals surface area (Å²) in [4.78, 5) is 2.73. The number of nitrogens with one attached hydrogen (secondary N) is 1. The van der Waals surface area contributed by atoms with E-state index in [1.165, 1.54) is 18.9 Å². The van der Waals surface area contributed by atoms with Gasteiger partial charge in [0.2, 0.25) is 0 Å². The summed E-state index contributed by atoms with van der Waals surface area (Å²) in [7, 11) is 1.98. The Hall–Kier alpha value is -0.390. The molecule has 0 aliphatic rings. The van der Waals surface area contributed by atoms with Crippen molar-refractivity contribution in [2.75, 3.05) is 7.05 Å². The van der Waals surface area contributed by atoms with E-state index < -0.39 is 0 Å². The van der Waals surface area contributed by atoms with Gasteiger partial charge in [0, 0.05) is 25.4 Å². The highest BCUT2D eigenvalue weighted by Crippen LogP contribution is 2.31. The minimum Gasteiger partial charge on any atom is -0.315 e. The molecule has 0 bridgehead atoms. The van der Waals surface area contributed by atoms with Crippen LogP contribution in [0.15, 0.2) is 36.4 Å². The molecular formula is C12H12INS. The van der Waals surface area contributed by atoms with Crippen molar-refractivity contribution in [1.82, 2.24) is 5.32 Å². The maximum Gasteiger partial charge on any atom is 0.0356 e. The van der Waals surface area contributed by atoms with Crippen LogP contribution in [0.2, 0.25) is 0 Å². The van der Waals surface area contributed by atoms with E-state index in [1.807, 2.05) is 18.4 Å². The van der Waals surface area contributed by atoms with E-state index in [0.717, 1.165) is 6.54 Å². The third-order valence-electron chi connectivity index (χ3n) is 2.15. The van der Waals surface area contributed by atoms with Gasteiger partial charge in [-0.1, -0.05) is 18.2 Å². The summed E-state index contributed by atoms with van der Waals surface area (Å²) in [5.41, 5.74) is 1.34. The van der Waals surface area contributed by atoms with Gasteiger partial charge >= 0.3 is 0 Å². The number of hydrogen-bond donors (Lipinski definition) is 1. The number of hydrogen-bond acceptors (Lipinski definition) is 2. The second-order valence-corrected chi connectivity index (χ2v) is 5.61. The highest BCUT2D eigenvalue weighted by atomic mass is 127. The van der Waals surface area contributed by atoms with Crippen molar-refractivity contribution in [3.05, 3.63) is 44.8 Å². The SMILES string of the molecule is CNCc1ccc(-c2ccccc2I)s1. The molecule has 0 atom stereocenters. The molecule has 1 nitrogen and oxygen atoms in total. The first kappa shape index (κ1) is 11.1. The molecule has 0 saturated carbocycles. The van der Waals surface area contributed by atoms with E-state index in [2.05, 4.69) is 64.3 Å². The summed E-state index contributed by atoms with van der Waals surface area (Å²) in [6, 6.07) is 12.9. The van der Waals surface area contributed by atoms with E-state index in [0.29, 0.717) is 0 Å². The summed E-state index contributed by atoms with van der Waals surface area (Å²) in [5, 5.41) is 3.17. The van der Waals surface area contributed by atoms with Crippen LogP contribution in [0.5, 0.6) is 0 Å². The normalized spacial score (nSPS) is 10.5.